The van der Waals surface area contributed by atoms with Gasteiger partial charge >= 0.3 is 0 Å². The van der Waals surface area contributed by atoms with Gasteiger partial charge in [-0.3, -0.25) is 9.58 Å². The van der Waals surface area contributed by atoms with Crippen LogP contribution in [0.5, 0.6) is 0 Å². The molecule has 0 saturated carbocycles. The molecule has 2 aromatic heterocycles. The van der Waals surface area contributed by atoms with E-state index in [0.29, 0.717) is 5.82 Å². The number of anilines is 1. The highest BCUT2D eigenvalue weighted by Gasteiger charge is 2.20. The number of pyridine rings is 1. The van der Waals surface area contributed by atoms with Crippen molar-refractivity contribution < 1.29 is 4.39 Å². The first-order chi connectivity index (χ1) is 9.72. The van der Waals surface area contributed by atoms with Crippen molar-refractivity contribution in [3.8, 4) is 0 Å². The number of piperazine rings is 1. The van der Waals surface area contributed by atoms with Crippen LogP contribution in [0.2, 0.25) is 0 Å². The van der Waals surface area contributed by atoms with Crippen molar-refractivity contribution in [3.05, 3.63) is 42.1 Å². The van der Waals surface area contributed by atoms with Crippen LogP contribution in [-0.4, -0.2) is 45.8 Å². The zero-order valence-corrected chi connectivity index (χ0v) is 11.5. The van der Waals surface area contributed by atoms with Crippen LogP contribution in [0.25, 0.3) is 0 Å². The van der Waals surface area contributed by atoms with Gasteiger partial charge < -0.3 is 4.90 Å². The van der Waals surface area contributed by atoms with Gasteiger partial charge in [0.05, 0.1) is 5.69 Å². The number of halogens is 1. The highest BCUT2D eigenvalue weighted by atomic mass is 19.1. The Balaban J connectivity index is 1.58. The van der Waals surface area contributed by atoms with E-state index in [2.05, 4.69) is 15.0 Å². The lowest BCUT2D eigenvalue weighted by molar-refractivity contribution is 0.245. The second kappa shape index (κ2) is 5.58. The lowest BCUT2D eigenvalue weighted by Crippen LogP contribution is -2.46. The van der Waals surface area contributed by atoms with Gasteiger partial charge in [0, 0.05) is 52.2 Å². The molecule has 20 heavy (non-hydrogen) atoms. The molecule has 0 radical (unpaired) electrons. The maximum absolute atomic E-state index is 13.7. The lowest BCUT2D eigenvalue weighted by atomic mass is 10.2. The normalized spacial score (nSPS) is 16.6. The molecule has 3 rings (SSSR count). The summed E-state index contributed by atoms with van der Waals surface area (Å²) in [6.07, 6.45) is 3.59. The maximum Gasteiger partial charge on any atom is 0.165 e. The molecule has 0 aliphatic carbocycles. The molecule has 1 aliphatic rings. The van der Waals surface area contributed by atoms with Crippen LogP contribution in [0.15, 0.2) is 30.6 Å². The minimum atomic E-state index is -0.245. The van der Waals surface area contributed by atoms with E-state index >= 15 is 0 Å². The Labute approximate surface area is 117 Å². The van der Waals surface area contributed by atoms with Crippen LogP contribution >= 0.6 is 0 Å². The van der Waals surface area contributed by atoms with E-state index in [1.165, 1.54) is 6.07 Å². The number of nitrogens with zero attached hydrogens (tertiary/aromatic N) is 5. The molecule has 106 valence electrons. The molecule has 0 atom stereocenters. The van der Waals surface area contributed by atoms with Gasteiger partial charge in [-0.05, 0) is 18.2 Å². The average molecular weight is 275 g/mol. The van der Waals surface area contributed by atoms with E-state index < -0.39 is 0 Å². The average Bonchev–Trinajstić information content (AvgIpc) is 2.86. The second-order valence-electron chi connectivity index (χ2n) is 5.05. The molecule has 3 heterocycles. The number of rotatable bonds is 3. The lowest BCUT2D eigenvalue weighted by Gasteiger charge is -2.35. The van der Waals surface area contributed by atoms with Crippen molar-refractivity contribution >= 4 is 5.82 Å². The summed E-state index contributed by atoms with van der Waals surface area (Å²) in [5.74, 6) is 0.218. The van der Waals surface area contributed by atoms with Gasteiger partial charge in [-0.15, -0.1) is 0 Å². The van der Waals surface area contributed by atoms with Crippen molar-refractivity contribution in [2.75, 3.05) is 31.1 Å². The van der Waals surface area contributed by atoms with Gasteiger partial charge in [0.25, 0.3) is 0 Å². The summed E-state index contributed by atoms with van der Waals surface area (Å²) in [5, 5.41) is 4.39. The zero-order valence-electron chi connectivity index (χ0n) is 11.5. The molecule has 0 unspecified atom stereocenters. The van der Waals surface area contributed by atoms with Crippen molar-refractivity contribution in [3.63, 3.8) is 0 Å². The smallest absolute Gasteiger partial charge is 0.165 e. The standard InChI is InChI=1S/C14H18FN5/c1-18-6-4-12(17-18)11-19-7-9-20(10-8-19)14-13(15)3-2-5-16-14/h2-6H,7-11H2,1H3. The van der Waals surface area contributed by atoms with E-state index in [0.717, 1.165) is 38.4 Å². The van der Waals surface area contributed by atoms with Crippen LogP contribution < -0.4 is 4.90 Å². The predicted octanol–water partition coefficient (Wildman–Crippen LogP) is 1.28. The first-order valence-electron chi connectivity index (χ1n) is 6.79. The Hall–Kier alpha value is -1.95. The minimum Gasteiger partial charge on any atom is -0.352 e. The maximum atomic E-state index is 13.7. The fourth-order valence-corrected chi connectivity index (χ4v) is 2.50. The topological polar surface area (TPSA) is 37.2 Å². The van der Waals surface area contributed by atoms with E-state index in [-0.39, 0.29) is 5.82 Å². The summed E-state index contributed by atoms with van der Waals surface area (Å²) in [6.45, 7) is 4.22. The van der Waals surface area contributed by atoms with Crippen molar-refractivity contribution in [1.29, 1.82) is 0 Å². The number of hydrogen-bond donors (Lipinski definition) is 0. The van der Waals surface area contributed by atoms with E-state index in [1.807, 2.05) is 28.9 Å². The van der Waals surface area contributed by atoms with Gasteiger partial charge in [-0.1, -0.05) is 0 Å². The largest absolute Gasteiger partial charge is 0.352 e. The van der Waals surface area contributed by atoms with Crippen LogP contribution in [0.3, 0.4) is 0 Å². The quantitative estimate of drug-likeness (QED) is 0.845. The summed E-state index contributed by atoms with van der Waals surface area (Å²) < 4.78 is 15.5. The Kier molecular flexibility index (Phi) is 3.64. The van der Waals surface area contributed by atoms with Crippen LogP contribution in [0.4, 0.5) is 10.2 Å². The van der Waals surface area contributed by atoms with Gasteiger partial charge in [-0.2, -0.15) is 5.10 Å². The Bertz CT molecular complexity index is 574. The monoisotopic (exact) mass is 275 g/mol. The Morgan fingerprint density at radius 1 is 1.20 bits per heavy atom. The summed E-state index contributed by atoms with van der Waals surface area (Å²) in [5.41, 5.74) is 1.07. The molecule has 1 fully saturated rings. The van der Waals surface area contributed by atoms with Crippen LogP contribution in [-0.2, 0) is 13.6 Å². The van der Waals surface area contributed by atoms with Gasteiger partial charge in [0.15, 0.2) is 11.6 Å². The Morgan fingerprint density at radius 2 is 2.00 bits per heavy atom. The summed E-state index contributed by atoms with van der Waals surface area (Å²) >= 11 is 0. The first-order valence-corrected chi connectivity index (χ1v) is 6.79. The molecule has 0 spiro atoms. The van der Waals surface area contributed by atoms with Crippen LogP contribution in [0, 0.1) is 5.82 Å². The summed E-state index contributed by atoms with van der Waals surface area (Å²) in [7, 11) is 1.92. The van der Waals surface area contributed by atoms with E-state index in [1.54, 1.807) is 12.3 Å². The SMILES string of the molecule is Cn1ccc(CN2CCN(c3ncccc3F)CC2)n1. The summed E-state index contributed by atoms with van der Waals surface area (Å²) in [4.78, 5) is 8.47. The van der Waals surface area contributed by atoms with Crippen molar-refractivity contribution in [2.24, 2.45) is 7.05 Å². The predicted molar refractivity (Wildman–Crippen MR) is 74.9 cm³/mol. The third-order valence-electron chi connectivity index (χ3n) is 3.57. The highest BCUT2D eigenvalue weighted by molar-refractivity contribution is 5.40. The highest BCUT2D eigenvalue weighted by Crippen LogP contribution is 2.17. The molecule has 1 saturated heterocycles. The van der Waals surface area contributed by atoms with Gasteiger partial charge in [0.2, 0.25) is 0 Å². The molecular formula is C14H18FN5. The molecule has 0 bridgehead atoms. The Morgan fingerprint density at radius 3 is 2.65 bits per heavy atom. The fraction of sp³-hybridized carbons (Fsp3) is 0.429. The molecule has 6 heteroatoms. The molecular weight excluding hydrogens is 257 g/mol. The third kappa shape index (κ3) is 2.80. The first kappa shape index (κ1) is 13.1. The second-order valence-corrected chi connectivity index (χ2v) is 5.05. The number of hydrogen-bond acceptors (Lipinski definition) is 4. The fourth-order valence-electron chi connectivity index (χ4n) is 2.50. The van der Waals surface area contributed by atoms with Gasteiger partial charge in [-0.25, -0.2) is 9.37 Å². The molecule has 5 nitrogen and oxygen atoms in total. The van der Waals surface area contributed by atoms with E-state index in [9.17, 15) is 4.39 Å². The molecule has 1 aliphatic heterocycles. The van der Waals surface area contributed by atoms with Gasteiger partial charge in [0.1, 0.15) is 0 Å². The number of aromatic nitrogens is 3. The van der Waals surface area contributed by atoms with Crippen molar-refractivity contribution in [2.45, 2.75) is 6.54 Å². The van der Waals surface area contributed by atoms with E-state index in [4.69, 9.17) is 0 Å². The molecule has 0 aromatic carbocycles. The minimum absolute atomic E-state index is 0.245. The molecule has 0 N–H and O–H groups in total. The number of aryl methyl sites for hydroxylation is 1. The van der Waals surface area contributed by atoms with Crippen molar-refractivity contribution in [1.82, 2.24) is 19.7 Å². The summed E-state index contributed by atoms with van der Waals surface area (Å²) in [6, 6.07) is 5.11. The molecule has 2 aromatic rings. The van der Waals surface area contributed by atoms with Crippen LogP contribution in [0.1, 0.15) is 5.69 Å². The third-order valence-corrected chi connectivity index (χ3v) is 3.57. The zero-order chi connectivity index (χ0) is 13.9. The molecule has 0 amide bonds.